The molecule has 3 nitrogen and oxygen atoms in total. The molecule has 0 atom stereocenters. The van der Waals surface area contributed by atoms with Crippen LogP contribution in [0.15, 0.2) is 36.8 Å². The van der Waals surface area contributed by atoms with Crippen molar-refractivity contribution in [3.8, 4) is 5.69 Å². The summed E-state index contributed by atoms with van der Waals surface area (Å²) < 4.78 is 2.02. The molecule has 2 heterocycles. The molecule has 0 radical (unpaired) electrons. The third kappa shape index (κ3) is 1.40. The van der Waals surface area contributed by atoms with Gasteiger partial charge in [-0.05, 0) is 30.7 Å². The standard InChI is InChI=1S/C10H11N3/c1-8-6-10(11)12-7-9(8)13-4-2-3-5-13/h2-7H,1H3,(H2,11,12). The molecule has 0 saturated heterocycles. The molecule has 0 aromatic carbocycles. The van der Waals surface area contributed by atoms with Crippen LogP contribution < -0.4 is 5.73 Å². The Bertz CT molecular complexity index is 404. The number of hydrogen-bond acceptors (Lipinski definition) is 2. The van der Waals surface area contributed by atoms with Gasteiger partial charge in [0.25, 0.3) is 0 Å². The molecule has 2 rings (SSSR count). The van der Waals surface area contributed by atoms with Gasteiger partial charge >= 0.3 is 0 Å². The maximum atomic E-state index is 5.56. The minimum absolute atomic E-state index is 0.563. The highest BCUT2D eigenvalue weighted by Gasteiger charge is 1.99. The molecule has 13 heavy (non-hydrogen) atoms. The van der Waals surface area contributed by atoms with Crippen LogP contribution in [0, 0.1) is 6.92 Å². The van der Waals surface area contributed by atoms with Gasteiger partial charge in [0.2, 0.25) is 0 Å². The summed E-state index contributed by atoms with van der Waals surface area (Å²) in [5.41, 5.74) is 7.76. The zero-order valence-corrected chi connectivity index (χ0v) is 7.44. The van der Waals surface area contributed by atoms with E-state index >= 15 is 0 Å². The number of nitrogens with zero attached hydrogens (tertiary/aromatic N) is 2. The predicted octanol–water partition coefficient (Wildman–Crippen LogP) is 1.76. The number of hydrogen-bond donors (Lipinski definition) is 1. The van der Waals surface area contributed by atoms with Gasteiger partial charge < -0.3 is 10.3 Å². The van der Waals surface area contributed by atoms with Gasteiger partial charge in [-0.15, -0.1) is 0 Å². The van der Waals surface area contributed by atoms with Gasteiger partial charge in [-0.2, -0.15) is 0 Å². The van der Waals surface area contributed by atoms with Crippen LogP contribution in [0.5, 0.6) is 0 Å². The highest BCUT2D eigenvalue weighted by atomic mass is 15.0. The van der Waals surface area contributed by atoms with Gasteiger partial charge in [0.1, 0.15) is 5.82 Å². The van der Waals surface area contributed by atoms with Crippen molar-refractivity contribution in [1.82, 2.24) is 9.55 Å². The van der Waals surface area contributed by atoms with Crippen molar-refractivity contribution in [3.63, 3.8) is 0 Å². The SMILES string of the molecule is Cc1cc(N)ncc1-n1cccc1. The van der Waals surface area contributed by atoms with Gasteiger partial charge in [-0.25, -0.2) is 4.98 Å². The molecule has 3 heteroatoms. The van der Waals surface area contributed by atoms with E-state index in [0.717, 1.165) is 11.3 Å². The molecule has 0 aliphatic heterocycles. The molecule has 0 fully saturated rings. The number of pyridine rings is 1. The van der Waals surface area contributed by atoms with Gasteiger partial charge in [0, 0.05) is 12.4 Å². The lowest BCUT2D eigenvalue weighted by Crippen LogP contribution is -1.97. The van der Waals surface area contributed by atoms with E-state index in [1.807, 2.05) is 42.1 Å². The van der Waals surface area contributed by atoms with Gasteiger partial charge in [-0.1, -0.05) is 0 Å². The average Bonchev–Trinajstić information content (AvgIpc) is 2.56. The van der Waals surface area contributed by atoms with Crippen LogP contribution in [-0.2, 0) is 0 Å². The summed E-state index contributed by atoms with van der Waals surface area (Å²) in [6, 6.07) is 5.83. The third-order valence-corrected chi connectivity index (χ3v) is 1.99. The van der Waals surface area contributed by atoms with E-state index in [1.165, 1.54) is 0 Å². The highest BCUT2D eigenvalue weighted by Crippen LogP contribution is 2.14. The van der Waals surface area contributed by atoms with Crippen molar-refractivity contribution in [3.05, 3.63) is 42.4 Å². The number of rotatable bonds is 1. The van der Waals surface area contributed by atoms with Crippen molar-refractivity contribution in [1.29, 1.82) is 0 Å². The zero-order valence-electron chi connectivity index (χ0n) is 7.44. The number of anilines is 1. The number of aromatic nitrogens is 2. The Morgan fingerprint density at radius 2 is 2.00 bits per heavy atom. The van der Waals surface area contributed by atoms with Crippen molar-refractivity contribution < 1.29 is 0 Å². The van der Waals surface area contributed by atoms with Crippen molar-refractivity contribution in [2.75, 3.05) is 5.73 Å². The fourth-order valence-electron chi connectivity index (χ4n) is 1.34. The molecule has 0 bridgehead atoms. The van der Waals surface area contributed by atoms with E-state index in [0.29, 0.717) is 5.82 Å². The van der Waals surface area contributed by atoms with E-state index < -0.39 is 0 Å². The molecule has 0 aliphatic carbocycles. The Hall–Kier alpha value is -1.77. The molecule has 0 aliphatic rings. The lowest BCUT2D eigenvalue weighted by molar-refractivity contribution is 1.04. The van der Waals surface area contributed by atoms with Crippen LogP contribution in [0.4, 0.5) is 5.82 Å². The van der Waals surface area contributed by atoms with Crippen LogP contribution >= 0.6 is 0 Å². The fraction of sp³-hybridized carbons (Fsp3) is 0.100. The smallest absolute Gasteiger partial charge is 0.123 e. The number of aryl methyl sites for hydroxylation is 1. The normalized spacial score (nSPS) is 10.2. The molecule has 0 spiro atoms. The molecular weight excluding hydrogens is 162 g/mol. The Morgan fingerprint density at radius 3 is 2.62 bits per heavy atom. The van der Waals surface area contributed by atoms with Gasteiger partial charge in [0.05, 0.1) is 11.9 Å². The first-order valence-corrected chi connectivity index (χ1v) is 4.13. The Kier molecular flexibility index (Phi) is 1.77. The van der Waals surface area contributed by atoms with Crippen LogP contribution in [0.2, 0.25) is 0 Å². The van der Waals surface area contributed by atoms with Crippen LogP contribution in [-0.4, -0.2) is 9.55 Å². The minimum atomic E-state index is 0.563. The maximum absolute atomic E-state index is 5.56. The Balaban J connectivity index is 2.53. The second-order valence-electron chi connectivity index (χ2n) is 2.99. The van der Waals surface area contributed by atoms with E-state index in [2.05, 4.69) is 4.98 Å². The molecular formula is C10H11N3. The molecule has 2 aromatic rings. The molecule has 2 N–H and O–H groups in total. The summed E-state index contributed by atoms with van der Waals surface area (Å²) in [6.07, 6.45) is 5.76. The first-order chi connectivity index (χ1) is 6.27. The fourth-order valence-corrected chi connectivity index (χ4v) is 1.34. The summed E-state index contributed by atoms with van der Waals surface area (Å²) in [5.74, 6) is 0.563. The highest BCUT2D eigenvalue weighted by molar-refractivity contribution is 5.45. The Labute approximate surface area is 76.8 Å². The second kappa shape index (κ2) is 2.94. The van der Waals surface area contributed by atoms with Crippen LogP contribution in [0.3, 0.4) is 0 Å². The lowest BCUT2D eigenvalue weighted by Gasteiger charge is -2.06. The third-order valence-electron chi connectivity index (χ3n) is 1.99. The summed E-state index contributed by atoms with van der Waals surface area (Å²) in [4.78, 5) is 4.05. The second-order valence-corrected chi connectivity index (χ2v) is 2.99. The summed E-state index contributed by atoms with van der Waals surface area (Å²) in [6.45, 7) is 2.02. The average molecular weight is 173 g/mol. The summed E-state index contributed by atoms with van der Waals surface area (Å²) in [7, 11) is 0. The zero-order chi connectivity index (χ0) is 9.26. The minimum Gasteiger partial charge on any atom is -0.384 e. The van der Waals surface area contributed by atoms with E-state index in [9.17, 15) is 0 Å². The quantitative estimate of drug-likeness (QED) is 0.714. The monoisotopic (exact) mass is 173 g/mol. The summed E-state index contributed by atoms with van der Waals surface area (Å²) >= 11 is 0. The molecule has 0 saturated carbocycles. The number of nitrogens with two attached hydrogens (primary N) is 1. The predicted molar refractivity (Wildman–Crippen MR) is 52.7 cm³/mol. The van der Waals surface area contributed by atoms with Crippen molar-refractivity contribution in [2.24, 2.45) is 0 Å². The van der Waals surface area contributed by atoms with E-state index in [4.69, 9.17) is 5.73 Å². The van der Waals surface area contributed by atoms with Crippen molar-refractivity contribution >= 4 is 5.82 Å². The van der Waals surface area contributed by atoms with Crippen LogP contribution in [0.25, 0.3) is 5.69 Å². The first-order valence-electron chi connectivity index (χ1n) is 4.13. The molecule has 0 amide bonds. The van der Waals surface area contributed by atoms with Crippen LogP contribution in [0.1, 0.15) is 5.56 Å². The largest absolute Gasteiger partial charge is 0.384 e. The number of nitrogen functional groups attached to an aromatic ring is 1. The lowest BCUT2D eigenvalue weighted by atomic mass is 10.2. The molecule has 0 unspecified atom stereocenters. The van der Waals surface area contributed by atoms with E-state index in [-0.39, 0.29) is 0 Å². The van der Waals surface area contributed by atoms with E-state index in [1.54, 1.807) is 6.20 Å². The maximum Gasteiger partial charge on any atom is 0.123 e. The summed E-state index contributed by atoms with van der Waals surface area (Å²) in [5, 5.41) is 0. The van der Waals surface area contributed by atoms with Crippen molar-refractivity contribution in [2.45, 2.75) is 6.92 Å². The molecule has 2 aromatic heterocycles. The molecule has 66 valence electrons. The van der Waals surface area contributed by atoms with Gasteiger partial charge in [-0.3, -0.25) is 0 Å². The van der Waals surface area contributed by atoms with Gasteiger partial charge in [0.15, 0.2) is 0 Å². The Morgan fingerprint density at radius 1 is 1.31 bits per heavy atom. The first kappa shape index (κ1) is 7.86. The topological polar surface area (TPSA) is 43.8 Å².